The number of anilines is 2. The molecule has 0 spiro atoms. The molecule has 0 saturated heterocycles. The van der Waals surface area contributed by atoms with Gasteiger partial charge >= 0.3 is 5.97 Å². The van der Waals surface area contributed by atoms with Gasteiger partial charge in [0.25, 0.3) is 0 Å². The number of hydrogen-bond acceptors (Lipinski definition) is 3. The Labute approximate surface area is 112 Å². The molecule has 1 amide bonds. The van der Waals surface area contributed by atoms with Crippen LogP contribution in [0.25, 0.3) is 0 Å². The van der Waals surface area contributed by atoms with Gasteiger partial charge in [0.15, 0.2) is 0 Å². The maximum Gasteiger partial charge on any atom is 0.305 e. The van der Waals surface area contributed by atoms with E-state index in [1.54, 1.807) is 7.05 Å². The van der Waals surface area contributed by atoms with E-state index in [2.05, 4.69) is 19.2 Å². The van der Waals surface area contributed by atoms with Crippen molar-refractivity contribution in [1.82, 2.24) is 0 Å². The van der Waals surface area contributed by atoms with Crippen LogP contribution in [0.3, 0.4) is 0 Å². The first-order chi connectivity index (χ1) is 8.90. The second-order valence-corrected chi connectivity index (χ2v) is 5.12. The molecule has 1 aliphatic rings. The van der Waals surface area contributed by atoms with Gasteiger partial charge in [0, 0.05) is 7.05 Å². The monoisotopic (exact) mass is 262 g/mol. The molecule has 1 aromatic carbocycles. The van der Waals surface area contributed by atoms with E-state index >= 15 is 0 Å². The van der Waals surface area contributed by atoms with E-state index in [9.17, 15) is 9.59 Å². The second-order valence-electron chi connectivity index (χ2n) is 5.12. The van der Waals surface area contributed by atoms with Crippen LogP contribution in [0.5, 0.6) is 0 Å². The molecule has 19 heavy (non-hydrogen) atoms. The van der Waals surface area contributed by atoms with Gasteiger partial charge in [0.1, 0.15) is 6.04 Å². The van der Waals surface area contributed by atoms with Crippen LogP contribution in [-0.2, 0) is 9.59 Å². The van der Waals surface area contributed by atoms with Crippen molar-refractivity contribution in [1.29, 1.82) is 0 Å². The quantitative estimate of drug-likeness (QED) is 0.874. The Morgan fingerprint density at radius 2 is 2.16 bits per heavy atom. The summed E-state index contributed by atoms with van der Waals surface area (Å²) in [4.78, 5) is 24.4. The molecule has 1 atom stereocenters. The van der Waals surface area contributed by atoms with Crippen LogP contribution in [-0.4, -0.2) is 30.1 Å². The molecule has 102 valence electrons. The number of aliphatic carboxylic acids is 1. The highest BCUT2D eigenvalue weighted by atomic mass is 16.4. The highest BCUT2D eigenvalue weighted by Crippen LogP contribution is 2.33. The molecule has 5 nitrogen and oxygen atoms in total. The SMILES string of the molecule is CC(C)c1ccc2c(c1)N(C)C(=O)C(CC(=O)O)N2. The minimum absolute atomic E-state index is 0.212. The molecule has 1 unspecified atom stereocenters. The first-order valence-electron chi connectivity index (χ1n) is 6.30. The number of benzene rings is 1. The predicted octanol–water partition coefficient (Wildman–Crippen LogP) is 2.04. The van der Waals surface area contributed by atoms with Crippen LogP contribution >= 0.6 is 0 Å². The molecule has 0 bridgehead atoms. The fourth-order valence-electron chi connectivity index (χ4n) is 2.22. The molecule has 0 aliphatic carbocycles. The highest BCUT2D eigenvalue weighted by molar-refractivity contribution is 6.05. The minimum atomic E-state index is -0.985. The normalized spacial score (nSPS) is 18.2. The lowest BCUT2D eigenvalue weighted by Crippen LogP contribution is -2.46. The number of fused-ring (bicyclic) bond motifs is 1. The molecule has 0 radical (unpaired) electrons. The Morgan fingerprint density at radius 3 is 2.74 bits per heavy atom. The van der Waals surface area contributed by atoms with Crippen LogP contribution < -0.4 is 10.2 Å². The van der Waals surface area contributed by atoms with E-state index in [1.165, 1.54) is 4.90 Å². The average Bonchev–Trinajstić information content (AvgIpc) is 2.34. The third-order valence-electron chi connectivity index (χ3n) is 3.39. The summed E-state index contributed by atoms with van der Waals surface area (Å²) < 4.78 is 0. The zero-order valence-corrected chi connectivity index (χ0v) is 11.3. The van der Waals surface area contributed by atoms with Crippen LogP contribution in [0.1, 0.15) is 31.7 Å². The van der Waals surface area contributed by atoms with E-state index in [0.29, 0.717) is 5.92 Å². The van der Waals surface area contributed by atoms with Crippen LogP contribution in [0.4, 0.5) is 11.4 Å². The van der Waals surface area contributed by atoms with Crippen molar-refractivity contribution in [3.63, 3.8) is 0 Å². The first kappa shape index (κ1) is 13.4. The van der Waals surface area contributed by atoms with Gasteiger partial charge in [-0.1, -0.05) is 19.9 Å². The number of nitrogens with one attached hydrogen (secondary N) is 1. The van der Waals surface area contributed by atoms with Crippen molar-refractivity contribution >= 4 is 23.3 Å². The number of amides is 1. The molecular weight excluding hydrogens is 244 g/mol. The Kier molecular flexibility index (Phi) is 3.46. The molecule has 2 rings (SSSR count). The van der Waals surface area contributed by atoms with Crippen molar-refractivity contribution in [2.75, 3.05) is 17.3 Å². The van der Waals surface area contributed by atoms with E-state index in [0.717, 1.165) is 16.9 Å². The van der Waals surface area contributed by atoms with E-state index in [4.69, 9.17) is 5.11 Å². The van der Waals surface area contributed by atoms with Crippen molar-refractivity contribution in [2.24, 2.45) is 0 Å². The third kappa shape index (κ3) is 2.54. The van der Waals surface area contributed by atoms with Gasteiger partial charge in [-0.05, 0) is 23.6 Å². The van der Waals surface area contributed by atoms with E-state index in [1.807, 2.05) is 18.2 Å². The minimum Gasteiger partial charge on any atom is -0.481 e. The first-order valence-corrected chi connectivity index (χ1v) is 6.30. The lowest BCUT2D eigenvalue weighted by molar-refractivity contribution is -0.138. The lowest BCUT2D eigenvalue weighted by atomic mass is 9.99. The van der Waals surface area contributed by atoms with Gasteiger partial charge in [0.2, 0.25) is 5.91 Å². The lowest BCUT2D eigenvalue weighted by Gasteiger charge is -2.33. The van der Waals surface area contributed by atoms with Gasteiger partial charge in [0.05, 0.1) is 17.8 Å². The number of likely N-dealkylation sites (N-methyl/N-ethyl adjacent to an activating group) is 1. The largest absolute Gasteiger partial charge is 0.481 e. The molecule has 0 fully saturated rings. The summed E-state index contributed by atoms with van der Waals surface area (Å²) in [6.07, 6.45) is -0.214. The number of rotatable bonds is 3. The molecule has 1 heterocycles. The van der Waals surface area contributed by atoms with Crippen LogP contribution in [0.2, 0.25) is 0 Å². The number of carbonyl (C=O) groups excluding carboxylic acids is 1. The summed E-state index contributed by atoms with van der Waals surface area (Å²) in [5.74, 6) is -0.817. The molecule has 1 aliphatic heterocycles. The van der Waals surface area contributed by atoms with Crippen LogP contribution in [0, 0.1) is 0 Å². The Bertz CT molecular complexity index is 525. The number of hydrogen-bond donors (Lipinski definition) is 2. The van der Waals surface area contributed by atoms with E-state index < -0.39 is 12.0 Å². The average molecular weight is 262 g/mol. The summed E-state index contributed by atoms with van der Waals surface area (Å²) in [5.41, 5.74) is 2.76. The summed E-state index contributed by atoms with van der Waals surface area (Å²) >= 11 is 0. The second kappa shape index (κ2) is 4.91. The number of nitrogens with zero attached hydrogens (tertiary/aromatic N) is 1. The Hall–Kier alpha value is -2.04. The summed E-state index contributed by atoms with van der Waals surface area (Å²) in [6.45, 7) is 4.18. The summed E-state index contributed by atoms with van der Waals surface area (Å²) in [5, 5.41) is 11.8. The maximum absolute atomic E-state index is 12.1. The zero-order chi connectivity index (χ0) is 14.2. The van der Waals surface area contributed by atoms with E-state index in [-0.39, 0.29) is 12.3 Å². The molecule has 5 heteroatoms. The topological polar surface area (TPSA) is 69.6 Å². The molecule has 2 N–H and O–H groups in total. The smallest absolute Gasteiger partial charge is 0.305 e. The highest BCUT2D eigenvalue weighted by Gasteiger charge is 2.31. The molecule has 0 aromatic heterocycles. The van der Waals surface area contributed by atoms with Crippen molar-refractivity contribution in [3.8, 4) is 0 Å². The van der Waals surface area contributed by atoms with Gasteiger partial charge in [-0.2, -0.15) is 0 Å². The molecule has 1 aromatic rings. The predicted molar refractivity (Wildman–Crippen MR) is 73.6 cm³/mol. The zero-order valence-electron chi connectivity index (χ0n) is 11.3. The summed E-state index contributed by atoms with van der Waals surface area (Å²) in [7, 11) is 1.68. The van der Waals surface area contributed by atoms with Crippen molar-refractivity contribution in [3.05, 3.63) is 23.8 Å². The van der Waals surface area contributed by atoms with Gasteiger partial charge < -0.3 is 15.3 Å². The van der Waals surface area contributed by atoms with Crippen molar-refractivity contribution < 1.29 is 14.7 Å². The number of carbonyl (C=O) groups is 2. The van der Waals surface area contributed by atoms with Gasteiger partial charge in [-0.25, -0.2) is 0 Å². The third-order valence-corrected chi connectivity index (χ3v) is 3.39. The van der Waals surface area contributed by atoms with Crippen LogP contribution in [0.15, 0.2) is 18.2 Å². The van der Waals surface area contributed by atoms with Gasteiger partial charge in [-0.15, -0.1) is 0 Å². The fraction of sp³-hybridized carbons (Fsp3) is 0.429. The van der Waals surface area contributed by atoms with Gasteiger partial charge in [-0.3, -0.25) is 9.59 Å². The van der Waals surface area contributed by atoms with Crippen molar-refractivity contribution in [2.45, 2.75) is 32.2 Å². The summed E-state index contributed by atoms with van der Waals surface area (Å²) in [6, 6.07) is 5.18. The standard InChI is InChI=1S/C14H18N2O3/c1-8(2)9-4-5-10-12(6-9)16(3)14(19)11(15-10)7-13(17)18/h4-6,8,11,15H,7H2,1-3H3,(H,17,18). The number of carboxylic acids is 1. The Balaban J connectivity index is 2.35. The maximum atomic E-state index is 12.1. The Morgan fingerprint density at radius 1 is 1.47 bits per heavy atom. The number of carboxylic acid groups (broad SMARTS) is 1. The molecule has 0 saturated carbocycles. The fourth-order valence-corrected chi connectivity index (χ4v) is 2.22. The molecular formula is C14H18N2O3.